The summed E-state index contributed by atoms with van der Waals surface area (Å²) >= 11 is 0. The van der Waals surface area contributed by atoms with Crippen LogP contribution in [0.25, 0.3) is 22.6 Å². The van der Waals surface area contributed by atoms with Crippen LogP contribution in [0.4, 0.5) is 16.3 Å². The Morgan fingerprint density at radius 3 is 2.65 bits per heavy atom. The number of nitrogens with zero attached hydrogens (tertiary/aromatic N) is 6. The van der Waals surface area contributed by atoms with E-state index in [9.17, 15) is 4.79 Å². The van der Waals surface area contributed by atoms with Crippen molar-refractivity contribution in [2.24, 2.45) is 0 Å². The first-order chi connectivity index (χ1) is 18.1. The molecule has 1 fully saturated rings. The lowest BCUT2D eigenvalue weighted by atomic mass is 10.1. The summed E-state index contributed by atoms with van der Waals surface area (Å²) in [5, 5.41) is 19.6. The number of piperazine rings is 1. The van der Waals surface area contributed by atoms with Gasteiger partial charge in [0.2, 0.25) is 0 Å². The smallest absolute Gasteiger partial charge is 0.321 e. The quantitative estimate of drug-likeness (QED) is 0.377. The number of aromatic nitrogens is 4. The molecule has 0 saturated carbocycles. The number of hydrogen-bond acceptors (Lipinski definition) is 5. The predicted molar refractivity (Wildman–Crippen MR) is 144 cm³/mol. The van der Waals surface area contributed by atoms with Crippen molar-refractivity contribution in [2.75, 3.05) is 36.4 Å². The van der Waals surface area contributed by atoms with Gasteiger partial charge >= 0.3 is 6.03 Å². The normalized spacial score (nSPS) is 13.4. The number of carbonyl (C=O) groups excluding carboxylic acids is 1. The molecule has 2 N–H and O–H groups in total. The third-order valence-electron chi connectivity index (χ3n) is 6.62. The number of nitriles is 1. The number of carbonyl (C=O) groups is 1. The first kappa shape index (κ1) is 24.1. The van der Waals surface area contributed by atoms with Crippen molar-refractivity contribution in [1.29, 1.82) is 5.26 Å². The number of benzene rings is 2. The van der Waals surface area contributed by atoms with E-state index in [0.717, 1.165) is 53.5 Å². The molecule has 0 unspecified atom stereocenters. The van der Waals surface area contributed by atoms with Gasteiger partial charge in [0.05, 0.1) is 17.3 Å². The zero-order chi connectivity index (χ0) is 25.6. The van der Waals surface area contributed by atoms with Crippen molar-refractivity contribution >= 4 is 17.5 Å². The zero-order valence-electron chi connectivity index (χ0n) is 20.9. The first-order valence-corrected chi connectivity index (χ1v) is 12.6. The van der Waals surface area contributed by atoms with Crippen LogP contribution in [0.1, 0.15) is 25.3 Å². The molecule has 5 rings (SSSR count). The number of unbranched alkanes of at least 4 members (excludes halogenated alkanes) is 1. The number of amides is 2. The topological polar surface area (TPSA) is 106 Å². The maximum atomic E-state index is 13.0. The van der Waals surface area contributed by atoms with E-state index in [1.165, 1.54) is 0 Å². The van der Waals surface area contributed by atoms with Crippen molar-refractivity contribution in [3.63, 3.8) is 0 Å². The van der Waals surface area contributed by atoms with Gasteiger partial charge in [-0.05, 0) is 36.2 Å². The van der Waals surface area contributed by atoms with Crippen molar-refractivity contribution < 1.29 is 4.79 Å². The lowest BCUT2D eigenvalue weighted by Crippen LogP contribution is -2.50. The lowest BCUT2D eigenvalue weighted by Gasteiger charge is -2.34. The lowest BCUT2D eigenvalue weighted by molar-refractivity contribution is 0.208. The summed E-state index contributed by atoms with van der Waals surface area (Å²) in [6.07, 6.45) is 6.05. The standard InChI is InChI=1S/C28H30N8O/c1-2-3-12-35-13-11-30-27(35)23-5-4-6-24(18-23)31-28(37)36-16-14-34(15-17-36)26-19-25(32-33-26)22-9-7-21(20-29)8-10-22/h4-11,13,18-19H,2-3,12,14-17H2,1H3,(H,31,37)(H,32,33). The number of aryl methyl sites for hydroxylation is 1. The van der Waals surface area contributed by atoms with Gasteiger partial charge in [0.15, 0.2) is 5.82 Å². The van der Waals surface area contributed by atoms with E-state index >= 15 is 0 Å². The van der Waals surface area contributed by atoms with Crippen LogP contribution in [-0.2, 0) is 6.54 Å². The molecule has 2 amide bonds. The van der Waals surface area contributed by atoms with Crippen LogP contribution in [0.3, 0.4) is 0 Å². The second kappa shape index (κ2) is 11.0. The summed E-state index contributed by atoms with van der Waals surface area (Å²) in [5.41, 5.74) is 4.25. The van der Waals surface area contributed by atoms with Gasteiger partial charge in [-0.3, -0.25) is 5.10 Å². The highest BCUT2D eigenvalue weighted by atomic mass is 16.2. The van der Waals surface area contributed by atoms with Gasteiger partial charge in [-0.2, -0.15) is 10.4 Å². The molecule has 188 valence electrons. The number of hydrogen-bond donors (Lipinski definition) is 2. The zero-order valence-corrected chi connectivity index (χ0v) is 20.9. The first-order valence-electron chi connectivity index (χ1n) is 12.6. The molecule has 0 atom stereocenters. The molecule has 0 radical (unpaired) electrons. The van der Waals surface area contributed by atoms with Gasteiger partial charge in [-0.25, -0.2) is 9.78 Å². The van der Waals surface area contributed by atoms with E-state index in [4.69, 9.17) is 5.26 Å². The van der Waals surface area contributed by atoms with Gasteiger partial charge in [-0.1, -0.05) is 37.6 Å². The van der Waals surface area contributed by atoms with Crippen molar-refractivity contribution in [3.05, 3.63) is 72.6 Å². The number of rotatable bonds is 7. The monoisotopic (exact) mass is 494 g/mol. The molecule has 4 aromatic rings. The molecule has 9 heteroatoms. The average molecular weight is 495 g/mol. The number of imidazole rings is 1. The van der Waals surface area contributed by atoms with Gasteiger partial charge in [-0.15, -0.1) is 0 Å². The summed E-state index contributed by atoms with van der Waals surface area (Å²) in [6.45, 7) is 5.70. The molecule has 2 aromatic carbocycles. The fourth-order valence-electron chi connectivity index (χ4n) is 4.50. The SMILES string of the molecule is CCCCn1ccnc1-c1cccc(NC(=O)N2CCN(c3cc(-c4ccc(C#N)cc4)[nH]n3)CC2)c1. The molecule has 0 spiro atoms. The average Bonchev–Trinajstić information content (AvgIpc) is 3.62. The molecule has 0 aliphatic carbocycles. The summed E-state index contributed by atoms with van der Waals surface area (Å²) in [5.74, 6) is 1.77. The van der Waals surface area contributed by atoms with Gasteiger partial charge in [0.1, 0.15) is 5.82 Å². The molecule has 1 aliphatic heterocycles. The number of H-pyrrole nitrogens is 1. The summed E-state index contributed by atoms with van der Waals surface area (Å²) in [6, 6.07) is 19.3. The van der Waals surface area contributed by atoms with E-state index in [-0.39, 0.29) is 6.03 Å². The van der Waals surface area contributed by atoms with Crippen LogP contribution in [-0.4, -0.2) is 56.9 Å². The van der Waals surface area contributed by atoms with Crippen LogP contribution >= 0.6 is 0 Å². The van der Waals surface area contributed by atoms with E-state index in [0.29, 0.717) is 31.7 Å². The molecule has 1 saturated heterocycles. The number of aromatic amines is 1. The summed E-state index contributed by atoms with van der Waals surface area (Å²) < 4.78 is 2.16. The van der Waals surface area contributed by atoms with E-state index in [2.05, 4.69) is 43.0 Å². The van der Waals surface area contributed by atoms with Gasteiger partial charge < -0.3 is 19.7 Å². The molecule has 0 bridgehead atoms. The van der Waals surface area contributed by atoms with Crippen LogP contribution in [0.2, 0.25) is 0 Å². The van der Waals surface area contributed by atoms with Crippen LogP contribution in [0, 0.1) is 11.3 Å². The fourth-order valence-corrected chi connectivity index (χ4v) is 4.50. The molecule has 3 heterocycles. The predicted octanol–water partition coefficient (Wildman–Crippen LogP) is 4.97. The summed E-state index contributed by atoms with van der Waals surface area (Å²) in [7, 11) is 0. The third kappa shape index (κ3) is 5.48. The molecule has 9 nitrogen and oxygen atoms in total. The Hall–Kier alpha value is -4.58. The highest BCUT2D eigenvalue weighted by molar-refractivity contribution is 5.90. The molecule has 37 heavy (non-hydrogen) atoms. The highest BCUT2D eigenvalue weighted by Gasteiger charge is 2.23. The molecular formula is C28H30N8O. The Bertz CT molecular complexity index is 1390. The fraction of sp³-hybridized carbons (Fsp3) is 0.286. The Labute approximate surface area is 216 Å². The maximum Gasteiger partial charge on any atom is 0.321 e. The van der Waals surface area contributed by atoms with Crippen LogP contribution in [0.5, 0.6) is 0 Å². The largest absolute Gasteiger partial charge is 0.352 e. The van der Waals surface area contributed by atoms with Crippen LogP contribution in [0.15, 0.2) is 67.0 Å². The number of urea groups is 1. The summed E-state index contributed by atoms with van der Waals surface area (Å²) in [4.78, 5) is 21.5. The Morgan fingerprint density at radius 1 is 1.08 bits per heavy atom. The minimum absolute atomic E-state index is 0.105. The minimum atomic E-state index is -0.105. The van der Waals surface area contributed by atoms with E-state index < -0.39 is 0 Å². The Morgan fingerprint density at radius 2 is 1.89 bits per heavy atom. The second-order valence-corrected chi connectivity index (χ2v) is 9.11. The molecular weight excluding hydrogens is 464 g/mol. The number of nitrogens with one attached hydrogen (secondary N) is 2. The Kier molecular flexibility index (Phi) is 7.17. The van der Waals surface area contributed by atoms with E-state index in [1.54, 1.807) is 12.1 Å². The minimum Gasteiger partial charge on any atom is -0.352 e. The molecule has 2 aromatic heterocycles. The van der Waals surface area contributed by atoms with E-state index in [1.807, 2.05) is 59.8 Å². The number of anilines is 2. The van der Waals surface area contributed by atoms with Gasteiger partial charge in [0, 0.05) is 62.4 Å². The highest BCUT2D eigenvalue weighted by Crippen LogP contribution is 2.24. The van der Waals surface area contributed by atoms with Gasteiger partial charge in [0.25, 0.3) is 0 Å². The molecule has 1 aliphatic rings. The Balaban J connectivity index is 1.18. The van der Waals surface area contributed by atoms with Crippen LogP contribution < -0.4 is 10.2 Å². The maximum absolute atomic E-state index is 13.0. The van der Waals surface area contributed by atoms with Crippen molar-refractivity contribution in [2.45, 2.75) is 26.3 Å². The second-order valence-electron chi connectivity index (χ2n) is 9.11. The third-order valence-corrected chi connectivity index (χ3v) is 6.62. The van der Waals surface area contributed by atoms with Crippen molar-refractivity contribution in [1.82, 2.24) is 24.6 Å². The van der Waals surface area contributed by atoms with Crippen molar-refractivity contribution in [3.8, 4) is 28.7 Å².